The van der Waals surface area contributed by atoms with Crippen LogP contribution in [0.25, 0.3) is 0 Å². The van der Waals surface area contributed by atoms with E-state index in [2.05, 4.69) is 44.3 Å². The Kier molecular flexibility index (Phi) is 5.37. The van der Waals surface area contributed by atoms with Crippen molar-refractivity contribution < 1.29 is 4.79 Å². The van der Waals surface area contributed by atoms with Gasteiger partial charge in [0.25, 0.3) is 0 Å². The summed E-state index contributed by atoms with van der Waals surface area (Å²) < 4.78 is 0. The van der Waals surface area contributed by atoms with Crippen LogP contribution < -0.4 is 5.32 Å². The Bertz CT molecular complexity index is 631. The van der Waals surface area contributed by atoms with Crippen molar-refractivity contribution in [3.63, 3.8) is 0 Å². The van der Waals surface area contributed by atoms with Crippen molar-refractivity contribution in [1.82, 2.24) is 0 Å². The predicted octanol–water partition coefficient (Wildman–Crippen LogP) is 5.25. The lowest BCUT2D eigenvalue weighted by atomic mass is 9.96. The molecule has 0 aliphatic rings. The molecular formula is C20H25NO. The van der Waals surface area contributed by atoms with Gasteiger partial charge in [0.15, 0.2) is 0 Å². The SMILES string of the molecule is Cc1cccc(C(C)C)c1NC(=O)C[C@H](C)c1ccccc1. The van der Waals surface area contributed by atoms with E-state index in [0.29, 0.717) is 12.3 Å². The van der Waals surface area contributed by atoms with Gasteiger partial charge >= 0.3 is 0 Å². The fourth-order valence-electron chi connectivity index (χ4n) is 2.71. The average Bonchev–Trinajstić information content (AvgIpc) is 2.49. The summed E-state index contributed by atoms with van der Waals surface area (Å²) in [4.78, 5) is 12.4. The van der Waals surface area contributed by atoms with Gasteiger partial charge in [-0.05, 0) is 35.4 Å². The predicted molar refractivity (Wildman–Crippen MR) is 93.4 cm³/mol. The Labute approximate surface area is 133 Å². The third kappa shape index (κ3) is 3.97. The first kappa shape index (κ1) is 16.3. The maximum Gasteiger partial charge on any atom is 0.224 e. The van der Waals surface area contributed by atoms with Gasteiger partial charge in [-0.1, -0.05) is 69.3 Å². The zero-order chi connectivity index (χ0) is 16.1. The number of nitrogens with one attached hydrogen (secondary N) is 1. The minimum absolute atomic E-state index is 0.0764. The summed E-state index contributed by atoms with van der Waals surface area (Å²) in [5.41, 5.74) is 4.49. The smallest absolute Gasteiger partial charge is 0.224 e. The van der Waals surface area contributed by atoms with Gasteiger partial charge in [-0.3, -0.25) is 4.79 Å². The molecule has 0 aliphatic heterocycles. The van der Waals surface area contributed by atoms with Crippen LogP contribution in [0.2, 0.25) is 0 Å². The molecule has 0 aromatic heterocycles. The van der Waals surface area contributed by atoms with Gasteiger partial charge in [0, 0.05) is 12.1 Å². The van der Waals surface area contributed by atoms with Gasteiger partial charge in [-0.15, -0.1) is 0 Å². The van der Waals surface area contributed by atoms with E-state index in [1.54, 1.807) is 0 Å². The second-order valence-electron chi connectivity index (χ2n) is 6.26. The third-order valence-electron chi connectivity index (χ3n) is 4.05. The maximum atomic E-state index is 12.4. The van der Waals surface area contributed by atoms with Gasteiger partial charge in [0.05, 0.1) is 0 Å². The number of benzene rings is 2. The first-order chi connectivity index (χ1) is 10.5. The number of aryl methyl sites for hydroxylation is 1. The van der Waals surface area contributed by atoms with E-state index in [4.69, 9.17) is 0 Å². The average molecular weight is 295 g/mol. The number of amides is 1. The molecule has 2 aromatic carbocycles. The minimum Gasteiger partial charge on any atom is -0.326 e. The van der Waals surface area contributed by atoms with Crippen LogP contribution in [-0.2, 0) is 4.79 Å². The molecule has 2 aromatic rings. The van der Waals surface area contributed by atoms with Crippen LogP contribution in [0.5, 0.6) is 0 Å². The number of carbonyl (C=O) groups excluding carboxylic acids is 1. The van der Waals surface area contributed by atoms with Gasteiger partial charge < -0.3 is 5.32 Å². The Morgan fingerprint density at radius 3 is 2.32 bits per heavy atom. The van der Waals surface area contributed by atoms with E-state index >= 15 is 0 Å². The van der Waals surface area contributed by atoms with Gasteiger partial charge in [0.1, 0.15) is 0 Å². The van der Waals surface area contributed by atoms with Crippen molar-refractivity contribution in [3.05, 3.63) is 65.2 Å². The molecule has 22 heavy (non-hydrogen) atoms. The summed E-state index contributed by atoms with van der Waals surface area (Å²) in [7, 11) is 0. The molecule has 0 radical (unpaired) electrons. The highest BCUT2D eigenvalue weighted by atomic mass is 16.1. The molecule has 0 saturated heterocycles. The molecule has 1 N–H and O–H groups in total. The highest BCUT2D eigenvalue weighted by molar-refractivity contribution is 5.93. The Morgan fingerprint density at radius 2 is 1.68 bits per heavy atom. The van der Waals surface area contributed by atoms with Crippen molar-refractivity contribution in [3.8, 4) is 0 Å². The Morgan fingerprint density at radius 1 is 1.00 bits per heavy atom. The van der Waals surface area contributed by atoms with E-state index in [-0.39, 0.29) is 11.8 Å². The minimum atomic E-state index is 0.0764. The summed E-state index contributed by atoms with van der Waals surface area (Å²) in [5, 5.41) is 3.12. The topological polar surface area (TPSA) is 29.1 Å². The molecule has 2 rings (SSSR count). The molecule has 0 aliphatic carbocycles. The Balaban J connectivity index is 2.10. The quantitative estimate of drug-likeness (QED) is 0.802. The molecule has 0 saturated carbocycles. The van der Waals surface area contributed by atoms with E-state index in [0.717, 1.165) is 11.3 Å². The van der Waals surface area contributed by atoms with Crippen LogP contribution in [0.4, 0.5) is 5.69 Å². The van der Waals surface area contributed by atoms with Crippen molar-refractivity contribution in [2.75, 3.05) is 5.32 Å². The lowest BCUT2D eigenvalue weighted by molar-refractivity contribution is -0.116. The zero-order valence-electron chi connectivity index (χ0n) is 13.9. The summed E-state index contributed by atoms with van der Waals surface area (Å²) >= 11 is 0. The van der Waals surface area contributed by atoms with E-state index < -0.39 is 0 Å². The van der Waals surface area contributed by atoms with Crippen LogP contribution >= 0.6 is 0 Å². The number of rotatable bonds is 5. The van der Waals surface area contributed by atoms with E-state index in [1.807, 2.05) is 37.3 Å². The summed E-state index contributed by atoms with van der Waals surface area (Å²) in [6.45, 7) is 8.44. The highest BCUT2D eigenvalue weighted by Crippen LogP contribution is 2.28. The maximum absolute atomic E-state index is 12.4. The second kappa shape index (κ2) is 7.26. The molecule has 0 fully saturated rings. The fourth-order valence-corrected chi connectivity index (χ4v) is 2.71. The van der Waals surface area contributed by atoms with Gasteiger partial charge in [0.2, 0.25) is 5.91 Å². The van der Waals surface area contributed by atoms with Gasteiger partial charge in [-0.25, -0.2) is 0 Å². The van der Waals surface area contributed by atoms with E-state index in [1.165, 1.54) is 11.1 Å². The van der Waals surface area contributed by atoms with Gasteiger partial charge in [-0.2, -0.15) is 0 Å². The second-order valence-corrected chi connectivity index (χ2v) is 6.26. The summed E-state index contributed by atoms with van der Waals surface area (Å²) in [6.07, 6.45) is 0.496. The van der Waals surface area contributed by atoms with Crippen LogP contribution in [0.1, 0.15) is 55.7 Å². The molecule has 1 amide bonds. The number of anilines is 1. The number of carbonyl (C=O) groups is 1. The van der Waals surface area contributed by atoms with Crippen molar-refractivity contribution >= 4 is 11.6 Å². The first-order valence-corrected chi connectivity index (χ1v) is 7.93. The Hall–Kier alpha value is -2.09. The van der Waals surface area contributed by atoms with E-state index in [9.17, 15) is 4.79 Å². The summed E-state index contributed by atoms with van der Waals surface area (Å²) in [5.74, 6) is 0.682. The lowest BCUT2D eigenvalue weighted by Crippen LogP contribution is -2.16. The molecule has 1 atom stereocenters. The number of para-hydroxylation sites is 1. The normalized spacial score (nSPS) is 12.2. The number of hydrogen-bond acceptors (Lipinski definition) is 1. The van der Waals surface area contributed by atoms with Crippen LogP contribution in [0.15, 0.2) is 48.5 Å². The van der Waals surface area contributed by atoms with Crippen LogP contribution in [0.3, 0.4) is 0 Å². The molecule has 2 heteroatoms. The van der Waals surface area contributed by atoms with Crippen molar-refractivity contribution in [1.29, 1.82) is 0 Å². The van der Waals surface area contributed by atoms with Crippen LogP contribution in [-0.4, -0.2) is 5.91 Å². The fraction of sp³-hybridized carbons (Fsp3) is 0.350. The standard InChI is InChI=1S/C20H25NO/c1-14(2)18-12-8-9-15(3)20(18)21-19(22)13-16(4)17-10-6-5-7-11-17/h5-12,14,16H,13H2,1-4H3,(H,21,22)/t16-/m0/s1. The molecule has 116 valence electrons. The molecule has 2 nitrogen and oxygen atoms in total. The zero-order valence-corrected chi connectivity index (χ0v) is 13.9. The largest absolute Gasteiger partial charge is 0.326 e. The third-order valence-corrected chi connectivity index (χ3v) is 4.05. The van der Waals surface area contributed by atoms with Crippen LogP contribution in [0, 0.1) is 6.92 Å². The first-order valence-electron chi connectivity index (χ1n) is 7.93. The highest BCUT2D eigenvalue weighted by Gasteiger charge is 2.15. The van der Waals surface area contributed by atoms with Crippen molar-refractivity contribution in [2.24, 2.45) is 0 Å². The monoisotopic (exact) mass is 295 g/mol. The van der Waals surface area contributed by atoms with Crippen molar-refractivity contribution in [2.45, 2.75) is 46.0 Å². The molecular weight excluding hydrogens is 270 g/mol. The lowest BCUT2D eigenvalue weighted by Gasteiger charge is -2.18. The molecule has 0 bridgehead atoms. The molecule has 0 heterocycles. The molecule has 0 spiro atoms. The number of hydrogen-bond donors (Lipinski definition) is 1. The summed E-state index contributed by atoms with van der Waals surface area (Å²) in [6, 6.07) is 16.4. The molecule has 0 unspecified atom stereocenters.